The highest BCUT2D eigenvalue weighted by Gasteiger charge is 2.18. The summed E-state index contributed by atoms with van der Waals surface area (Å²) in [5.74, 6) is 0. The summed E-state index contributed by atoms with van der Waals surface area (Å²) in [5, 5.41) is 7.73. The topological polar surface area (TPSA) is 13.1 Å². The molecular weight excluding hydrogens is 569 g/mol. The van der Waals surface area contributed by atoms with Crippen molar-refractivity contribution in [3.8, 4) is 33.4 Å². The van der Waals surface area contributed by atoms with Crippen molar-refractivity contribution in [2.45, 2.75) is 0 Å². The van der Waals surface area contributed by atoms with Crippen molar-refractivity contribution in [2.24, 2.45) is 0 Å². The molecule has 0 amide bonds. The smallest absolute Gasteiger partial charge is 0.143 e. The van der Waals surface area contributed by atoms with Crippen LogP contribution in [0.3, 0.4) is 0 Å². The maximum atomic E-state index is 9.60. The molecule has 1 nitrogen and oxygen atoms in total. The van der Waals surface area contributed by atoms with Crippen LogP contribution in [-0.2, 0) is 0 Å². The second-order valence-electron chi connectivity index (χ2n) is 11.9. The molecule has 0 aliphatic heterocycles. The van der Waals surface area contributed by atoms with Crippen molar-refractivity contribution >= 4 is 65.0 Å². The Bertz CT molecular complexity index is 3130. The highest BCUT2D eigenvalue weighted by atomic mass is 16.3. The maximum absolute atomic E-state index is 9.60. The Hall–Kier alpha value is -6.18. The molecule has 218 valence electrons. The first-order valence-electron chi connectivity index (χ1n) is 18.7. The van der Waals surface area contributed by atoms with Crippen molar-refractivity contribution in [3.05, 3.63) is 170 Å². The number of fused-ring (bicyclic) bond motifs is 8. The number of benzene rings is 9. The standard InChI is InChI=1S/C46H28O/c1-2-10-29(11-3-1)31-18-19-33-27-34(21-20-32(33)26-31)44-37-14-6-8-16-39(37)45(40-17-9-7-15-38(40)44)35-23-25-43-42(28-35)41-24-22-30-12-4-5-13-36(30)46(41)47-43/h1-28H/i18D,19D,20D,21D,26D,27D. The van der Waals surface area contributed by atoms with Crippen LogP contribution in [0.15, 0.2) is 174 Å². The van der Waals surface area contributed by atoms with Crippen LogP contribution in [0.1, 0.15) is 8.22 Å². The molecule has 10 rings (SSSR count). The summed E-state index contributed by atoms with van der Waals surface area (Å²) in [6.45, 7) is 0. The molecule has 47 heavy (non-hydrogen) atoms. The summed E-state index contributed by atoms with van der Waals surface area (Å²) in [4.78, 5) is 0. The molecule has 0 saturated heterocycles. The van der Waals surface area contributed by atoms with Crippen LogP contribution in [0.4, 0.5) is 0 Å². The van der Waals surface area contributed by atoms with Gasteiger partial charge in [0, 0.05) is 16.2 Å². The van der Waals surface area contributed by atoms with Crippen LogP contribution in [0.5, 0.6) is 0 Å². The van der Waals surface area contributed by atoms with Gasteiger partial charge in [-0.2, -0.15) is 0 Å². The summed E-state index contributed by atoms with van der Waals surface area (Å²) in [6, 6.07) is 42.5. The molecule has 0 fully saturated rings. The molecule has 9 aromatic carbocycles. The zero-order valence-corrected chi connectivity index (χ0v) is 25.1. The van der Waals surface area contributed by atoms with Gasteiger partial charge in [-0.3, -0.25) is 0 Å². The van der Waals surface area contributed by atoms with E-state index < -0.39 is 0 Å². The molecule has 0 atom stereocenters. The predicted octanol–water partition coefficient (Wildman–Crippen LogP) is 13.2. The average Bonchev–Trinajstić information content (AvgIpc) is 3.57. The van der Waals surface area contributed by atoms with E-state index in [9.17, 15) is 4.11 Å². The van der Waals surface area contributed by atoms with Crippen molar-refractivity contribution < 1.29 is 12.6 Å². The quantitative estimate of drug-likeness (QED) is 0.183. The number of furan rings is 1. The molecule has 0 N–H and O–H groups in total. The lowest BCUT2D eigenvalue weighted by molar-refractivity contribution is 0.672. The molecule has 0 aliphatic carbocycles. The Kier molecular flexibility index (Phi) is 4.49. The molecule has 1 aromatic heterocycles. The summed E-state index contributed by atoms with van der Waals surface area (Å²) in [5.41, 5.74) is 5.28. The molecule has 0 spiro atoms. The monoisotopic (exact) mass is 602 g/mol. The average molecular weight is 603 g/mol. The molecule has 0 bridgehead atoms. The first kappa shape index (κ1) is 20.8. The van der Waals surface area contributed by atoms with Crippen LogP contribution < -0.4 is 0 Å². The fourth-order valence-corrected chi connectivity index (χ4v) is 7.12. The van der Waals surface area contributed by atoms with Crippen LogP contribution in [0.2, 0.25) is 0 Å². The minimum atomic E-state index is -0.233. The molecule has 1 heterocycles. The van der Waals surface area contributed by atoms with Gasteiger partial charge in [0.25, 0.3) is 0 Å². The van der Waals surface area contributed by atoms with Gasteiger partial charge in [0.1, 0.15) is 11.2 Å². The predicted molar refractivity (Wildman–Crippen MR) is 200 cm³/mol. The van der Waals surface area contributed by atoms with E-state index in [0.29, 0.717) is 11.1 Å². The molecule has 10 aromatic rings. The van der Waals surface area contributed by atoms with E-state index in [4.69, 9.17) is 8.53 Å². The lowest BCUT2D eigenvalue weighted by Crippen LogP contribution is -1.91. The van der Waals surface area contributed by atoms with Gasteiger partial charge in [0.2, 0.25) is 0 Å². The second-order valence-corrected chi connectivity index (χ2v) is 11.9. The van der Waals surface area contributed by atoms with E-state index in [1.807, 2.05) is 72.8 Å². The Balaban J connectivity index is 1.28. The van der Waals surface area contributed by atoms with Crippen molar-refractivity contribution in [1.82, 2.24) is 0 Å². The van der Waals surface area contributed by atoms with Gasteiger partial charge in [0.05, 0.1) is 8.22 Å². The molecular formula is C46H28O. The Morgan fingerprint density at radius 3 is 1.64 bits per heavy atom. The van der Waals surface area contributed by atoms with E-state index in [-0.39, 0.29) is 58.2 Å². The van der Waals surface area contributed by atoms with E-state index in [1.165, 1.54) is 0 Å². The van der Waals surface area contributed by atoms with Crippen LogP contribution >= 0.6 is 0 Å². The SMILES string of the molecule is [2H]c1c(-c2c3ccccc3c(-c3ccc4oc5c6ccccc6ccc5c4c3)c3ccccc23)c([2H])c2c([2H])c([2H])c(-c3ccccc3)c([2H])c2c1[2H]. The fourth-order valence-electron chi connectivity index (χ4n) is 7.12. The van der Waals surface area contributed by atoms with Crippen molar-refractivity contribution in [3.63, 3.8) is 0 Å². The summed E-state index contributed by atoms with van der Waals surface area (Å²) < 4.78 is 62.0. The summed E-state index contributed by atoms with van der Waals surface area (Å²) >= 11 is 0. The van der Waals surface area contributed by atoms with E-state index in [2.05, 4.69) is 36.4 Å². The highest BCUT2D eigenvalue weighted by molar-refractivity contribution is 6.23. The van der Waals surface area contributed by atoms with Gasteiger partial charge in [-0.05, 0) is 101 Å². The molecule has 0 unspecified atom stereocenters. The van der Waals surface area contributed by atoms with Gasteiger partial charge in [0.15, 0.2) is 0 Å². The minimum absolute atomic E-state index is 0.0396. The number of hydrogen-bond donors (Lipinski definition) is 0. The summed E-state index contributed by atoms with van der Waals surface area (Å²) in [6.07, 6.45) is 0. The third-order valence-corrected chi connectivity index (χ3v) is 9.27. The Morgan fingerprint density at radius 2 is 0.936 bits per heavy atom. The third-order valence-electron chi connectivity index (χ3n) is 9.27. The first-order valence-corrected chi connectivity index (χ1v) is 15.7. The molecule has 1 heteroatoms. The zero-order valence-electron chi connectivity index (χ0n) is 31.1. The van der Waals surface area contributed by atoms with Crippen molar-refractivity contribution in [2.75, 3.05) is 0 Å². The Labute approximate surface area is 280 Å². The molecule has 0 radical (unpaired) electrons. The highest BCUT2D eigenvalue weighted by Crippen LogP contribution is 2.45. The maximum Gasteiger partial charge on any atom is 0.143 e. The lowest BCUT2D eigenvalue weighted by atomic mass is 9.85. The van der Waals surface area contributed by atoms with Gasteiger partial charge in [-0.25, -0.2) is 0 Å². The second kappa shape index (κ2) is 10.2. The van der Waals surface area contributed by atoms with E-state index in [1.54, 1.807) is 24.3 Å². The van der Waals surface area contributed by atoms with Crippen LogP contribution in [0.25, 0.3) is 98.4 Å². The number of rotatable bonds is 3. The largest absolute Gasteiger partial charge is 0.455 e. The van der Waals surface area contributed by atoms with Gasteiger partial charge in [-0.15, -0.1) is 0 Å². The van der Waals surface area contributed by atoms with Crippen LogP contribution in [-0.4, -0.2) is 0 Å². The lowest BCUT2D eigenvalue weighted by Gasteiger charge is -2.18. The zero-order chi connectivity index (χ0) is 36.1. The minimum Gasteiger partial charge on any atom is -0.455 e. The third kappa shape index (κ3) is 4.03. The van der Waals surface area contributed by atoms with E-state index >= 15 is 0 Å². The summed E-state index contributed by atoms with van der Waals surface area (Å²) in [7, 11) is 0. The molecule has 0 aliphatic rings. The first-order chi connectivity index (χ1) is 25.8. The van der Waals surface area contributed by atoms with E-state index in [0.717, 1.165) is 65.4 Å². The number of hydrogen-bond acceptors (Lipinski definition) is 1. The van der Waals surface area contributed by atoms with Crippen LogP contribution in [0, 0.1) is 0 Å². The molecule has 0 saturated carbocycles. The van der Waals surface area contributed by atoms with Crippen molar-refractivity contribution in [1.29, 1.82) is 0 Å². The fraction of sp³-hybridized carbons (Fsp3) is 0. The Morgan fingerprint density at radius 1 is 0.362 bits per heavy atom. The van der Waals surface area contributed by atoms with Gasteiger partial charge >= 0.3 is 0 Å². The van der Waals surface area contributed by atoms with Gasteiger partial charge in [-0.1, -0.05) is 139 Å². The normalized spacial score (nSPS) is 13.6. The van der Waals surface area contributed by atoms with Gasteiger partial charge < -0.3 is 4.42 Å².